The Kier molecular flexibility index (Phi) is 4.93. The number of aromatic nitrogens is 2. The van der Waals surface area contributed by atoms with Gasteiger partial charge in [0.15, 0.2) is 0 Å². The number of anilines is 1. The van der Waals surface area contributed by atoms with Crippen LogP contribution in [0.4, 0.5) is 5.82 Å². The van der Waals surface area contributed by atoms with Crippen LogP contribution in [0.2, 0.25) is 0 Å². The van der Waals surface area contributed by atoms with Crippen LogP contribution in [0.5, 0.6) is 0 Å². The summed E-state index contributed by atoms with van der Waals surface area (Å²) >= 11 is 1.82. The van der Waals surface area contributed by atoms with E-state index in [9.17, 15) is 4.79 Å². The number of hydrogen-bond donors (Lipinski definition) is 0. The van der Waals surface area contributed by atoms with E-state index in [0.29, 0.717) is 5.91 Å². The van der Waals surface area contributed by atoms with E-state index >= 15 is 0 Å². The molecule has 6 heteroatoms. The summed E-state index contributed by atoms with van der Waals surface area (Å²) in [5, 5.41) is 2.14. The van der Waals surface area contributed by atoms with E-state index in [1.165, 1.54) is 10.4 Å². The van der Waals surface area contributed by atoms with E-state index in [1.807, 2.05) is 23.6 Å². The van der Waals surface area contributed by atoms with Crippen molar-refractivity contribution in [3.8, 4) is 0 Å². The van der Waals surface area contributed by atoms with Crippen LogP contribution in [0, 0.1) is 5.92 Å². The first-order valence-corrected chi connectivity index (χ1v) is 10.7. The Balaban J connectivity index is 1.37. The minimum Gasteiger partial charge on any atom is -0.356 e. The number of thiophene rings is 1. The Morgan fingerprint density at radius 1 is 1.19 bits per heavy atom. The van der Waals surface area contributed by atoms with Gasteiger partial charge in [-0.3, -0.25) is 4.79 Å². The highest BCUT2D eigenvalue weighted by atomic mass is 32.1. The Morgan fingerprint density at radius 3 is 2.70 bits per heavy atom. The summed E-state index contributed by atoms with van der Waals surface area (Å²) in [7, 11) is 0. The van der Waals surface area contributed by atoms with Gasteiger partial charge in [-0.1, -0.05) is 20.8 Å². The molecule has 0 aromatic carbocycles. The molecule has 4 rings (SSSR count). The first-order chi connectivity index (χ1) is 12.9. The fourth-order valence-electron chi connectivity index (χ4n) is 3.94. The van der Waals surface area contributed by atoms with E-state index in [2.05, 4.69) is 47.0 Å². The van der Waals surface area contributed by atoms with Crippen LogP contribution < -0.4 is 4.90 Å². The van der Waals surface area contributed by atoms with Crippen molar-refractivity contribution in [2.24, 2.45) is 5.92 Å². The number of hydrogen-bond acceptors (Lipinski definition) is 5. The highest BCUT2D eigenvalue weighted by Gasteiger charge is 2.31. The van der Waals surface area contributed by atoms with E-state index < -0.39 is 0 Å². The summed E-state index contributed by atoms with van der Waals surface area (Å²) in [4.78, 5) is 28.0. The smallest absolute Gasteiger partial charge is 0.226 e. The first-order valence-electron chi connectivity index (χ1n) is 9.84. The van der Waals surface area contributed by atoms with E-state index in [0.717, 1.165) is 57.1 Å². The monoisotopic (exact) mass is 384 g/mol. The normalized spacial score (nSPS) is 18.5. The minimum atomic E-state index is -0.0565. The van der Waals surface area contributed by atoms with Crippen LogP contribution in [-0.2, 0) is 23.2 Å². The lowest BCUT2D eigenvalue weighted by atomic mass is 9.94. The fourth-order valence-corrected chi connectivity index (χ4v) is 4.83. The van der Waals surface area contributed by atoms with Gasteiger partial charge in [-0.25, -0.2) is 9.97 Å². The zero-order chi connectivity index (χ0) is 19.0. The summed E-state index contributed by atoms with van der Waals surface area (Å²) in [5.41, 5.74) is 1.28. The molecule has 1 saturated heterocycles. The quantitative estimate of drug-likeness (QED) is 0.793. The van der Waals surface area contributed by atoms with Gasteiger partial charge >= 0.3 is 0 Å². The standard InChI is InChI=1S/C21H28N4OS/c1-21(2,3)20-22-9-4-18(23-20)24-10-5-15(6-11-24)19(26)25-12-7-17-16(14-25)8-13-27-17/h4,8-9,13,15H,5-7,10-12,14H2,1-3H3. The topological polar surface area (TPSA) is 49.3 Å². The molecule has 0 unspecified atom stereocenters. The molecule has 2 aromatic rings. The molecular formula is C21H28N4OS. The lowest BCUT2D eigenvalue weighted by molar-refractivity contribution is -0.137. The van der Waals surface area contributed by atoms with Gasteiger partial charge in [-0.05, 0) is 42.3 Å². The van der Waals surface area contributed by atoms with Gasteiger partial charge in [-0.15, -0.1) is 11.3 Å². The summed E-state index contributed by atoms with van der Waals surface area (Å²) < 4.78 is 0. The number of carbonyl (C=O) groups excluding carboxylic acids is 1. The summed E-state index contributed by atoms with van der Waals surface area (Å²) in [6.45, 7) is 9.83. The molecular weight excluding hydrogens is 356 g/mol. The number of rotatable bonds is 2. The van der Waals surface area contributed by atoms with Crippen LogP contribution >= 0.6 is 11.3 Å². The average molecular weight is 385 g/mol. The second kappa shape index (κ2) is 7.23. The molecule has 27 heavy (non-hydrogen) atoms. The first kappa shape index (κ1) is 18.4. The zero-order valence-corrected chi connectivity index (χ0v) is 17.3. The van der Waals surface area contributed by atoms with Gasteiger partial charge in [-0.2, -0.15) is 0 Å². The van der Waals surface area contributed by atoms with E-state index in [1.54, 1.807) is 0 Å². The molecule has 0 spiro atoms. The maximum Gasteiger partial charge on any atom is 0.226 e. The van der Waals surface area contributed by atoms with Crippen LogP contribution in [0.15, 0.2) is 23.7 Å². The molecule has 1 fully saturated rings. The van der Waals surface area contributed by atoms with Crippen LogP contribution in [-0.4, -0.2) is 40.4 Å². The third kappa shape index (κ3) is 3.86. The van der Waals surface area contributed by atoms with Gasteiger partial charge in [0, 0.05) is 48.6 Å². The lowest BCUT2D eigenvalue weighted by Gasteiger charge is -2.36. The SMILES string of the molecule is CC(C)(C)c1nccc(N2CCC(C(=O)N3CCc4sccc4C3)CC2)n1. The van der Waals surface area contributed by atoms with Gasteiger partial charge in [0.05, 0.1) is 0 Å². The second-order valence-electron chi connectivity index (χ2n) is 8.63. The Hall–Kier alpha value is -1.95. The third-order valence-corrected chi connectivity index (χ3v) is 6.62. The Labute approximate surface area is 165 Å². The van der Waals surface area contributed by atoms with Crippen molar-refractivity contribution in [1.82, 2.24) is 14.9 Å². The van der Waals surface area contributed by atoms with E-state index in [4.69, 9.17) is 4.98 Å². The molecule has 144 valence electrons. The summed E-state index contributed by atoms with van der Waals surface area (Å²) in [5.74, 6) is 2.34. The fraction of sp³-hybridized carbons (Fsp3) is 0.571. The second-order valence-corrected chi connectivity index (χ2v) is 9.63. The largest absolute Gasteiger partial charge is 0.356 e. The van der Waals surface area contributed by atoms with Gasteiger partial charge in [0.1, 0.15) is 11.6 Å². The Bertz CT molecular complexity index is 818. The molecule has 2 aliphatic rings. The number of fused-ring (bicyclic) bond motifs is 1. The molecule has 0 atom stereocenters. The molecule has 0 radical (unpaired) electrons. The highest BCUT2D eigenvalue weighted by Crippen LogP contribution is 2.29. The molecule has 1 amide bonds. The maximum absolute atomic E-state index is 13.0. The molecule has 2 aliphatic heterocycles. The molecule has 0 bridgehead atoms. The number of nitrogens with zero attached hydrogens (tertiary/aromatic N) is 4. The molecule has 0 saturated carbocycles. The average Bonchev–Trinajstić information content (AvgIpc) is 3.15. The predicted octanol–water partition coefficient (Wildman–Crippen LogP) is 3.64. The molecule has 5 nitrogen and oxygen atoms in total. The van der Waals surface area contributed by atoms with Gasteiger partial charge in [0.2, 0.25) is 5.91 Å². The minimum absolute atomic E-state index is 0.0565. The molecule has 4 heterocycles. The van der Waals surface area contributed by atoms with Crippen molar-refractivity contribution >= 4 is 23.1 Å². The lowest BCUT2D eigenvalue weighted by Crippen LogP contribution is -2.44. The van der Waals surface area contributed by atoms with Crippen LogP contribution in [0.25, 0.3) is 0 Å². The van der Waals surface area contributed by atoms with Crippen molar-refractivity contribution in [2.45, 2.75) is 52.0 Å². The van der Waals surface area contributed by atoms with Crippen LogP contribution in [0.1, 0.15) is 49.9 Å². The highest BCUT2D eigenvalue weighted by molar-refractivity contribution is 7.10. The third-order valence-electron chi connectivity index (χ3n) is 5.60. The van der Waals surface area contributed by atoms with Crippen molar-refractivity contribution in [1.29, 1.82) is 0 Å². The molecule has 0 aliphatic carbocycles. The zero-order valence-electron chi connectivity index (χ0n) is 16.4. The number of carbonyl (C=O) groups is 1. The van der Waals surface area contributed by atoms with Gasteiger partial charge < -0.3 is 9.80 Å². The predicted molar refractivity (Wildman–Crippen MR) is 109 cm³/mol. The van der Waals surface area contributed by atoms with Crippen molar-refractivity contribution in [3.05, 3.63) is 40.0 Å². The van der Waals surface area contributed by atoms with Crippen molar-refractivity contribution in [2.75, 3.05) is 24.5 Å². The molecule has 0 N–H and O–H groups in total. The van der Waals surface area contributed by atoms with Gasteiger partial charge in [0.25, 0.3) is 0 Å². The Morgan fingerprint density at radius 2 is 1.96 bits per heavy atom. The summed E-state index contributed by atoms with van der Waals surface area (Å²) in [6, 6.07) is 4.16. The van der Waals surface area contributed by atoms with E-state index in [-0.39, 0.29) is 11.3 Å². The summed E-state index contributed by atoms with van der Waals surface area (Å²) in [6.07, 6.45) is 4.67. The number of piperidine rings is 1. The van der Waals surface area contributed by atoms with Crippen molar-refractivity contribution < 1.29 is 4.79 Å². The molecule has 2 aromatic heterocycles. The number of amides is 1. The van der Waals surface area contributed by atoms with Crippen molar-refractivity contribution in [3.63, 3.8) is 0 Å². The van der Waals surface area contributed by atoms with Crippen LogP contribution in [0.3, 0.4) is 0 Å². The maximum atomic E-state index is 13.0.